The number of anilines is 1. The molecule has 1 fully saturated rings. The van der Waals surface area contributed by atoms with Gasteiger partial charge in [0, 0.05) is 25.6 Å². The number of nitrogens with zero attached hydrogens (tertiary/aromatic N) is 3. The number of fused-ring (bicyclic) bond motifs is 1. The Morgan fingerprint density at radius 3 is 2.44 bits per heavy atom. The van der Waals surface area contributed by atoms with Crippen LogP contribution in [0.3, 0.4) is 0 Å². The Kier molecular flexibility index (Phi) is 9.65. The second kappa shape index (κ2) is 12.2. The van der Waals surface area contributed by atoms with E-state index in [-0.39, 0.29) is 25.7 Å². The molecule has 190 valence electrons. The Morgan fingerprint density at radius 2 is 1.85 bits per heavy atom. The second-order valence-electron chi connectivity index (χ2n) is 8.17. The number of rotatable bonds is 13. The van der Waals surface area contributed by atoms with Gasteiger partial charge in [0.25, 0.3) is 0 Å². The van der Waals surface area contributed by atoms with Crippen LogP contribution in [0.25, 0.3) is 10.9 Å². The summed E-state index contributed by atoms with van der Waals surface area (Å²) in [4.78, 5) is 11.2. The standard InChI is InChI=1S/C23H36N3O7P/c1-5-32-34(28,33-6-2)23(15-27,16-29-3)31-14-18-10-12-26(13-11-18)22-19-8-7-9-20(30-4)21(19)24-17-25-22/h7-9,17-18,27H,5-6,10-16H2,1-4H3. The van der Waals surface area contributed by atoms with Gasteiger partial charge >= 0.3 is 7.60 Å². The molecule has 1 saturated heterocycles. The van der Waals surface area contributed by atoms with E-state index in [2.05, 4.69) is 14.9 Å². The van der Waals surface area contributed by atoms with Crippen molar-refractivity contribution in [1.29, 1.82) is 0 Å². The van der Waals surface area contributed by atoms with Crippen LogP contribution in [0.15, 0.2) is 24.5 Å². The maximum Gasteiger partial charge on any atom is 0.367 e. The molecule has 11 heteroatoms. The monoisotopic (exact) mass is 497 g/mol. The summed E-state index contributed by atoms with van der Waals surface area (Å²) in [5, 5.41) is 9.57. The average molecular weight is 498 g/mol. The molecule has 2 aromatic rings. The van der Waals surface area contributed by atoms with Crippen molar-refractivity contribution in [3.8, 4) is 5.75 Å². The van der Waals surface area contributed by atoms with Crippen molar-refractivity contribution in [1.82, 2.24) is 9.97 Å². The van der Waals surface area contributed by atoms with Gasteiger partial charge in [0.15, 0.2) is 0 Å². The van der Waals surface area contributed by atoms with Gasteiger partial charge in [-0.3, -0.25) is 4.57 Å². The lowest BCUT2D eigenvalue weighted by atomic mass is 9.97. The lowest BCUT2D eigenvalue weighted by Crippen LogP contribution is -2.45. The van der Waals surface area contributed by atoms with Crippen LogP contribution >= 0.6 is 7.60 Å². The third-order valence-electron chi connectivity index (χ3n) is 6.04. The highest BCUT2D eigenvalue weighted by Crippen LogP contribution is 2.60. The number of ether oxygens (including phenoxy) is 3. The van der Waals surface area contributed by atoms with E-state index in [0.717, 1.165) is 48.4 Å². The van der Waals surface area contributed by atoms with E-state index in [0.29, 0.717) is 6.61 Å². The Bertz CT molecular complexity index is 961. The number of benzene rings is 1. The molecule has 0 saturated carbocycles. The van der Waals surface area contributed by atoms with Gasteiger partial charge in [0.05, 0.1) is 40.1 Å². The fourth-order valence-corrected chi connectivity index (χ4v) is 6.18. The molecule has 0 spiro atoms. The topological polar surface area (TPSA) is 112 Å². The van der Waals surface area contributed by atoms with E-state index >= 15 is 0 Å². The third-order valence-corrected chi connectivity index (χ3v) is 8.64. The first-order valence-corrected chi connectivity index (χ1v) is 13.2. The molecule has 2 heterocycles. The molecular formula is C23H36N3O7P. The van der Waals surface area contributed by atoms with Crippen molar-refractivity contribution < 1.29 is 32.9 Å². The van der Waals surface area contributed by atoms with E-state index in [9.17, 15) is 9.67 Å². The van der Waals surface area contributed by atoms with Crippen LogP contribution in [-0.4, -0.2) is 80.8 Å². The van der Waals surface area contributed by atoms with Crippen LogP contribution < -0.4 is 9.64 Å². The van der Waals surface area contributed by atoms with E-state index < -0.39 is 19.5 Å². The summed E-state index contributed by atoms with van der Waals surface area (Å²) in [6.07, 6.45) is 3.25. The average Bonchev–Trinajstić information content (AvgIpc) is 2.86. The molecule has 0 bridgehead atoms. The molecule has 0 amide bonds. The number of hydrogen-bond acceptors (Lipinski definition) is 10. The molecule has 3 rings (SSSR count). The number of methoxy groups -OCH3 is 2. The summed E-state index contributed by atoms with van der Waals surface area (Å²) in [6.45, 7) is 5.01. The van der Waals surface area contributed by atoms with Crippen LogP contribution in [0.4, 0.5) is 5.82 Å². The van der Waals surface area contributed by atoms with Gasteiger partial charge in [-0.2, -0.15) is 0 Å². The Balaban J connectivity index is 1.70. The van der Waals surface area contributed by atoms with Crippen molar-refractivity contribution in [2.45, 2.75) is 32.0 Å². The summed E-state index contributed by atoms with van der Waals surface area (Å²) >= 11 is 0. The lowest BCUT2D eigenvalue weighted by molar-refractivity contribution is -0.0917. The van der Waals surface area contributed by atoms with Crippen molar-refractivity contribution in [2.75, 3.05) is 65.2 Å². The molecule has 34 heavy (non-hydrogen) atoms. The fourth-order valence-electron chi connectivity index (χ4n) is 4.26. The highest BCUT2D eigenvalue weighted by molar-refractivity contribution is 7.55. The van der Waals surface area contributed by atoms with Gasteiger partial charge in [-0.15, -0.1) is 0 Å². The smallest absolute Gasteiger partial charge is 0.367 e. The molecule has 1 aromatic heterocycles. The first-order valence-electron chi connectivity index (χ1n) is 11.6. The summed E-state index contributed by atoms with van der Waals surface area (Å²) in [7, 11) is -0.676. The second-order valence-corrected chi connectivity index (χ2v) is 10.5. The van der Waals surface area contributed by atoms with Crippen LogP contribution in [0.2, 0.25) is 0 Å². The Morgan fingerprint density at radius 1 is 1.15 bits per heavy atom. The highest BCUT2D eigenvalue weighted by Gasteiger charge is 2.53. The van der Waals surface area contributed by atoms with Gasteiger partial charge in [-0.25, -0.2) is 9.97 Å². The predicted octanol–water partition coefficient (Wildman–Crippen LogP) is 3.47. The minimum Gasteiger partial charge on any atom is -0.494 e. The molecule has 0 aliphatic carbocycles. The highest BCUT2D eigenvalue weighted by atomic mass is 31.2. The first kappa shape index (κ1) is 26.8. The molecule has 1 atom stereocenters. The SMILES string of the molecule is CCOP(=O)(OCC)C(CO)(COC)OCC1CCN(c2ncnc3c(OC)cccc23)CC1. The van der Waals surface area contributed by atoms with Crippen molar-refractivity contribution >= 4 is 24.3 Å². The Labute approximate surface area is 201 Å². The largest absolute Gasteiger partial charge is 0.494 e. The number of piperidine rings is 1. The predicted molar refractivity (Wildman–Crippen MR) is 130 cm³/mol. The maximum absolute atomic E-state index is 13.5. The molecule has 10 nitrogen and oxygen atoms in total. The normalized spacial score (nSPS) is 17.1. The van der Waals surface area contributed by atoms with Gasteiger partial charge in [-0.05, 0) is 44.7 Å². The zero-order valence-electron chi connectivity index (χ0n) is 20.4. The van der Waals surface area contributed by atoms with Gasteiger partial charge in [-0.1, -0.05) is 6.07 Å². The molecule has 0 radical (unpaired) electrons. The molecule has 1 aromatic carbocycles. The minimum atomic E-state index is -3.78. The number of aromatic nitrogens is 2. The van der Waals surface area contributed by atoms with E-state index in [1.165, 1.54) is 7.11 Å². The molecule has 1 unspecified atom stereocenters. The van der Waals surface area contributed by atoms with Gasteiger partial charge in [0.2, 0.25) is 5.34 Å². The maximum atomic E-state index is 13.5. The van der Waals surface area contributed by atoms with E-state index in [1.54, 1.807) is 27.3 Å². The summed E-state index contributed by atoms with van der Waals surface area (Å²) < 4.78 is 41.3. The molecular weight excluding hydrogens is 461 g/mol. The van der Waals surface area contributed by atoms with Crippen molar-refractivity contribution in [3.05, 3.63) is 24.5 Å². The van der Waals surface area contributed by atoms with E-state index in [1.807, 2.05) is 18.2 Å². The zero-order valence-corrected chi connectivity index (χ0v) is 21.3. The van der Waals surface area contributed by atoms with Crippen molar-refractivity contribution in [2.24, 2.45) is 5.92 Å². The molecule has 1 aliphatic rings. The van der Waals surface area contributed by atoms with Gasteiger partial charge in [0.1, 0.15) is 23.4 Å². The summed E-state index contributed by atoms with van der Waals surface area (Å²) in [5.41, 5.74) is 0.787. The minimum absolute atomic E-state index is 0.103. The summed E-state index contributed by atoms with van der Waals surface area (Å²) in [6, 6.07) is 5.83. The van der Waals surface area contributed by atoms with Crippen LogP contribution in [-0.2, 0) is 23.1 Å². The number of para-hydroxylation sites is 1. The lowest BCUT2D eigenvalue weighted by Gasteiger charge is -2.39. The number of aliphatic hydroxyl groups excluding tert-OH is 1. The van der Waals surface area contributed by atoms with Crippen LogP contribution in [0.1, 0.15) is 26.7 Å². The van der Waals surface area contributed by atoms with E-state index in [4.69, 9.17) is 23.3 Å². The molecule has 1 aliphatic heterocycles. The third kappa shape index (κ3) is 5.53. The zero-order chi connectivity index (χ0) is 24.6. The van der Waals surface area contributed by atoms with Crippen LogP contribution in [0.5, 0.6) is 5.75 Å². The quantitative estimate of drug-likeness (QED) is 0.413. The first-order chi connectivity index (χ1) is 16.5. The summed E-state index contributed by atoms with van der Waals surface area (Å²) in [5.74, 6) is 1.80. The van der Waals surface area contributed by atoms with Crippen LogP contribution in [0, 0.1) is 5.92 Å². The number of hydrogen-bond donors (Lipinski definition) is 1. The Hall–Kier alpha value is -1.81. The molecule has 1 N–H and O–H groups in total. The number of aliphatic hydroxyl groups is 1. The van der Waals surface area contributed by atoms with Crippen molar-refractivity contribution in [3.63, 3.8) is 0 Å². The fraction of sp³-hybridized carbons (Fsp3) is 0.652. The van der Waals surface area contributed by atoms with Gasteiger partial charge < -0.3 is 33.3 Å².